The molecule has 0 unspecified atom stereocenters. The van der Waals surface area contributed by atoms with Gasteiger partial charge in [-0.05, 0) is 25.5 Å². The summed E-state index contributed by atoms with van der Waals surface area (Å²) in [6, 6.07) is 16.7. The second kappa shape index (κ2) is 9.61. The highest BCUT2D eigenvalue weighted by Crippen LogP contribution is 2.38. The predicted molar refractivity (Wildman–Crippen MR) is 98.0 cm³/mol. The Balaban J connectivity index is 2.63. The lowest BCUT2D eigenvalue weighted by Gasteiger charge is -2.26. The van der Waals surface area contributed by atoms with Gasteiger partial charge in [-0.3, -0.25) is 9.59 Å². The van der Waals surface area contributed by atoms with Crippen molar-refractivity contribution in [3.05, 3.63) is 65.7 Å². The molecule has 2 aromatic rings. The standard InChI is InChI=1S/C21H24O5/c1-4-25-20(22)19(21(23)26-5-2)18(15-11-7-6-8-12-15)16-13-9-10-14-17(16)24-3/h6-14,18-19H,4-5H2,1-3H3/t18-/m1/s1. The lowest BCUT2D eigenvalue weighted by molar-refractivity contribution is -0.162. The molecule has 0 aliphatic rings. The molecule has 5 nitrogen and oxygen atoms in total. The summed E-state index contributed by atoms with van der Waals surface area (Å²) in [6.07, 6.45) is 0. The minimum absolute atomic E-state index is 0.183. The summed E-state index contributed by atoms with van der Waals surface area (Å²) in [6.45, 7) is 3.78. The largest absolute Gasteiger partial charge is 0.496 e. The Morgan fingerprint density at radius 2 is 1.38 bits per heavy atom. The van der Waals surface area contributed by atoms with Crippen molar-refractivity contribution in [2.24, 2.45) is 5.92 Å². The third-order valence-corrected chi connectivity index (χ3v) is 4.05. The summed E-state index contributed by atoms with van der Waals surface area (Å²) in [5.74, 6) is -2.31. The SMILES string of the molecule is CCOC(=O)C(C(=O)OCC)[C@H](c1ccccc1)c1ccccc1OC. The molecular formula is C21H24O5. The van der Waals surface area contributed by atoms with Crippen LogP contribution in [-0.2, 0) is 19.1 Å². The minimum Gasteiger partial charge on any atom is -0.496 e. The molecule has 0 saturated carbocycles. The maximum absolute atomic E-state index is 12.7. The molecule has 138 valence electrons. The molecule has 0 spiro atoms. The van der Waals surface area contributed by atoms with E-state index in [0.29, 0.717) is 5.75 Å². The average Bonchev–Trinajstić information content (AvgIpc) is 2.67. The van der Waals surface area contributed by atoms with E-state index >= 15 is 0 Å². The van der Waals surface area contributed by atoms with Gasteiger partial charge in [-0.1, -0.05) is 48.5 Å². The van der Waals surface area contributed by atoms with Gasteiger partial charge in [0.15, 0.2) is 5.92 Å². The van der Waals surface area contributed by atoms with Crippen LogP contribution >= 0.6 is 0 Å². The lowest BCUT2D eigenvalue weighted by atomic mass is 9.80. The Labute approximate surface area is 153 Å². The number of methoxy groups -OCH3 is 1. The summed E-state index contributed by atoms with van der Waals surface area (Å²) in [5.41, 5.74) is 1.54. The number of rotatable bonds is 8. The fraction of sp³-hybridized carbons (Fsp3) is 0.333. The maximum atomic E-state index is 12.7. The van der Waals surface area contributed by atoms with Crippen LogP contribution in [0.1, 0.15) is 30.9 Å². The van der Waals surface area contributed by atoms with Crippen molar-refractivity contribution in [3.63, 3.8) is 0 Å². The summed E-state index contributed by atoms with van der Waals surface area (Å²) in [7, 11) is 1.56. The van der Waals surface area contributed by atoms with Crippen molar-refractivity contribution in [3.8, 4) is 5.75 Å². The summed E-state index contributed by atoms with van der Waals surface area (Å²) < 4.78 is 15.8. The predicted octanol–water partition coefficient (Wildman–Crippen LogP) is 3.57. The van der Waals surface area contributed by atoms with Crippen LogP contribution in [0.5, 0.6) is 5.75 Å². The van der Waals surface area contributed by atoms with Crippen molar-refractivity contribution in [2.75, 3.05) is 20.3 Å². The van der Waals surface area contributed by atoms with Gasteiger partial charge in [0.25, 0.3) is 0 Å². The topological polar surface area (TPSA) is 61.8 Å². The second-order valence-electron chi connectivity index (χ2n) is 5.61. The molecular weight excluding hydrogens is 332 g/mol. The fourth-order valence-corrected chi connectivity index (χ4v) is 2.97. The molecule has 26 heavy (non-hydrogen) atoms. The van der Waals surface area contributed by atoms with E-state index in [4.69, 9.17) is 14.2 Å². The molecule has 5 heteroatoms. The van der Waals surface area contributed by atoms with Crippen molar-refractivity contribution in [1.29, 1.82) is 0 Å². The van der Waals surface area contributed by atoms with Crippen LogP contribution in [0.3, 0.4) is 0 Å². The van der Waals surface area contributed by atoms with Gasteiger partial charge in [0.05, 0.1) is 20.3 Å². The zero-order valence-electron chi connectivity index (χ0n) is 15.3. The van der Waals surface area contributed by atoms with E-state index in [9.17, 15) is 9.59 Å². The monoisotopic (exact) mass is 356 g/mol. The highest BCUT2D eigenvalue weighted by molar-refractivity contribution is 5.96. The molecule has 2 rings (SSSR count). The van der Waals surface area contributed by atoms with Crippen molar-refractivity contribution in [2.45, 2.75) is 19.8 Å². The van der Waals surface area contributed by atoms with Crippen molar-refractivity contribution < 1.29 is 23.8 Å². The van der Waals surface area contributed by atoms with Crippen molar-refractivity contribution in [1.82, 2.24) is 0 Å². The van der Waals surface area contributed by atoms with Crippen LogP contribution in [0.2, 0.25) is 0 Å². The van der Waals surface area contributed by atoms with E-state index in [1.165, 1.54) is 0 Å². The first kappa shape index (κ1) is 19.5. The highest BCUT2D eigenvalue weighted by Gasteiger charge is 2.40. The number of para-hydroxylation sites is 1. The first-order valence-electron chi connectivity index (χ1n) is 8.65. The number of ether oxygens (including phenoxy) is 3. The number of hydrogen-bond acceptors (Lipinski definition) is 5. The molecule has 0 N–H and O–H groups in total. The van der Waals surface area contributed by atoms with Crippen LogP contribution in [0.4, 0.5) is 0 Å². The van der Waals surface area contributed by atoms with E-state index in [1.807, 2.05) is 48.5 Å². The summed E-state index contributed by atoms with van der Waals surface area (Å²) in [5, 5.41) is 0. The van der Waals surface area contributed by atoms with E-state index < -0.39 is 23.8 Å². The number of hydrogen-bond donors (Lipinski definition) is 0. The van der Waals surface area contributed by atoms with Gasteiger partial charge in [-0.15, -0.1) is 0 Å². The van der Waals surface area contributed by atoms with Crippen LogP contribution in [0.25, 0.3) is 0 Å². The van der Waals surface area contributed by atoms with Gasteiger partial charge in [0, 0.05) is 11.5 Å². The van der Waals surface area contributed by atoms with Gasteiger partial charge < -0.3 is 14.2 Å². The van der Waals surface area contributed by atoms with Gasteiger partial charge in [-0.25, -0.2) is 0 Å². The Morgan fingerprint density at radius 3 is 1.92 bits per heavy atom. The van der Waals surface area contributed by atoms with Crippen LogP contribution < -0.4 is 4.74 Å². The maximum Gasteiger partial charge on any atom is 0.321 e. The molecule has 0 aliphatic carbocycles. The smallest absolute Gasteiger partial charge is 0.321 e. The first-order chi connectivity index (χ1) is 12.6. The minimum atomic E-state index is -1.12. The van der Waals surface area contributed by atoms with Gasteiger partial charge >= 0.3 is 11.9 Å². The molecule has 0 fully saturated rings. The highest BCUT2D eigenvalue weighted by atomic mass is 16.6. The number of carbonyl (C=O) groups is 2. The zero-order valence-corrected chi connectivity index (χ0v) is 15.3. The quantitative estimate of drug-likeness (QED) is 0.534. The van der Waals surface area contributed by atoms with Crippen LogP contribution in [-0.4, -0.2) is 32.3 Å². The molecule has 1 atom stereocenters. The molecule has 0 bridgehead atoms. The molecule has 0 heterocycles. The third-order valence-electron chi connectivity index (χ3n) is 4.05. The summed E-state index contributed by atoms with van der Waals surface area (Å²) >= 11 is 0. The molecule has 0 amide bonds. The van der Waals surface area contributed by atoms with E-state index in [1.54, 1.807) is 27.0 Å². The Kier molecular flexibility index (Phi) is 7.21. The fourth-order valence-electron chi connectivity index (χ4n) is 2.97. The average molecular weight is 356 g/mol. The van der Waals surface area contributed by atoms with E-state index in [2.05, 4.69) is 0 Å². The second-order valence-corrected chi connectivity index (χ2v) is 5.61. The van der Waals surface area contributed by atoms with Gasteiger partial charge in [-0.2, -0.15) is 0 Å². The normalized spacial score (nSPS) is 11.7. The molecule has 0 aliphatic heterocycles. The van der Waals surface area contributed by atoms with Crippen LogP contribution in [0, 0.1) is 5.92 Å². The van der Waals surface area contributed by atoms with Gasteiger partial charge in [0.1, 0.15) is 5.75 Å². The number of esters is 2. The Hall–Kier alpha value is -2.82. The molecule has 2 aromatic carbocycles. The number of carbonyl (C=O) groups excluding carboxylic acids is 2. The van der Waals surface area contributed by atoms with Gasteiger partial charge in [0.2, 0.25) is 0 Å². The molecule has 0 aromatic heterocycles. The lowest BCUT2D eigenvalue weighted by Crippen LogP contribution is -2.34. The van der Waals surface area contributed by atoms with Crippen LogP contribution in [0.15, 0.2) is 54.6 Å². The zero-order chi connectivity index (χ0) is 18.9. The Bertz CT molecular complexity index is 708. The number of benzene rings is 2. The van der Waals surface area contributed by atoms with E-state index in [0.717, 1.165) is 11.1 Å². The third kappa shape index (κ3) is 4.42. The Morgan fingerprint density at radius 1 is 0.846 bits per heavy atom. The first-order valence-corrected chi connectivity index (χ1v) is 8.65. The molecule has 0 radical (unpaired) electrons. The molecule has 0 saturated heterocycles. The van der Waals surface area contributed by atoms with E-state index in [-0.39, 0.29) is 13.2 Å². The van der Waals surface area contributed by atoms with Crippen molar-refractivity contribution >= 4 is 11.9 Å². The summed E-state index contributed by atoms with van der Waals surface area (Å²) in [4.78, 5) is 25.4.